The maximum absolute atomic E-state index is 13.6. The third-order valence-electron chi connectivity index (χ3n) is 6.65. The SMILES string of the molecule is CC1(C)CC(=O)C2=C(C1)N(c1nnc(SCC(=O)Nc3ccccc3Cl)s1)C(N)=C(C#N)C2c1ccc(Cl)cc1. The Morgan fingerprint density at radius 2 is 1.93 bits per heavy atom. The molecular weight excluding hydrogens is 587 g/mol. The van der Waals surface area contributed by atoms with Crippen LogP contribution in [0, 0.1) is 16.7 Å². The van der Waals surface area contributed by atoms with Gasteiger partial charge in [-0.3, -0.25) is 14.5 Å². The topological polar surface area (TPSA) is 125 Å². The monoisotopic (exact) mass is 610 g/mol. The second-order valence-corrected chi connectivity index (χ2v) is 13.2. The molecule has 1 aliphatic heterocycles. The lowest BCUT2D eigenvalue weighted by molar-refractivity contribution is -0.118. The molecule has 3 N–H and O–H groups in total. The number of allylic oxidation sites excluding steroid dienone is 3. The van der Waals surface area contributed by atoms with Crippen molar-refractivity contribution < 1.29 is 9.59 Å². The number of hydrogen-bond donors (Lipinski definition) is 2. The first-order chi connectivity index (χ1) is 19.1. The van der Waals surface area contributed by atoms with Crippen LogP contribution in [0.5, 0.6) is 0 Å². The molecule has 0 radical (unpaired) electrons. The zero-order chi connectivity index (χ0) is 28.6. The number of nitrogens with zero attached hydrogens (tertiary/aromatic N) is 4. The Hall–Kier alpha value is -3.36. The average Bonchev–Trinajstić information content (AvgIpc) is 3.36. The molecule has 12 heteroatoms. The molecule has 5 rings (SSSR count). The molecule has 1 atom stereocenters. The molecule has 2 heterocycles. The lowest BCUT2D eigenvalue weighted by atomic mass is 9.69. The lowest BCUT2D eigenvalue weighted by Crippen LogP contribution is -2.42. The fourth-order valence-corrected chi connectivity index (χ4v) is 6.93. The van der Waals surface area contributed by atoms with Gasteiger partial charge in [0.1, 0.15) is 5.82 Å². The van der Waals surface area contributed by atoms with Crippen molar-refractivity contribution in [3.8, 4) is 6.07 Å². The van der Waals surface area contributed by atoms with Gasteiger partial charge in [-0.25, -0.2) is 0 Å². The third-order valence-corrected chi connectivity index (χ3v) is 9.27. The van der Waals surface area contributed by atoms with Gasteiger partial charge in [0.25, 0.3) is 0 Å². The number of thioether (sulfide) groups is 1. The van der Waals surface area contributed by atoms with Crippen molar-refractivity contribution in [2.75, 3.05) is 16.0 Å². The first-order valence-electron chi connectivity index (χ1n) is 12.3. The van der Waals surface area contributed by atoms with Crippen molar-refractivity contribution >= 4 is 68.8 Å². The number of aromatic nitrogens is 2. The molecule has 0 saturated carbocycles. The minimum absolute atomic E-state index is 0.0354. The van der Waals surface area contributed by atoms with E-state index in [4.69, 9.17) is 28.9 Å². The second kappa shape index (κ2) is 11.3. The number of hydrogen-bond acceptors (Lipinski definition) is 9. The van der Waals surface area contributed by atoms with Gasteiger partial charge in [-0.2, -0.15) is 5.26 Å². The van der Waals surface area contributed by atoms with Crippen LogP contribution in [0.1, 0.15) is 38.2 Å². The van der Waals surface area contributed by atoms with E-state index in [-0.39, 0.29) is 34.3 Å². The molecule has 1 amide bonds. The van der Waals surface area contributed by atoms with Crippen LogP contribution in [0.2, 0.25) is 10.0 Å². The number of Topliss-reactive ketones (excluding diaryl/α,β-unsaturated/α-hetero) is 1. The zero-order valence-corrected chi connectivity index (χ0v) is 24.7. The highest BCUT2D eigenvalue weighted by Gasteiger charge is 2.45. The van der Waals surface area contributed by atoms with Crippen molar-refractivity contribution in [1.29, 1.82) is 5.26 Å². The van der Waals surface area contributed by atoms with E-state index in [0.717, 1.165) is 5.56 Å². The number of carbonyl (C=O) groups is 2. The summed E-state index contributed by atoms with van der Waals surface area (Å²) in [7, 11) is 0. The van der Waals surface area contributed by atoms with Gasteiger partial charge < -0.3 is 11.1 Å². The quantitative estimate of drug-likeness (QED) is 0.302. The number of benzene rings is 2. The summed E-state index contributed by atoms with van der Waals surface area (Å²) in [5.74, 6) is -0.586. The minimum Gasteiger partial charge on any atom is -0.384 e. The van der Waals surface area contributed by atoms with E-state index in [1.54, 1.807) is 41.3 Å². The van der Waals surface area contributed by atoms with E-state index < -0.39 is 5.92 Å². The van der Waals surface area contributed by atoms with Crippen LogP contribution < -0.4 is 16.0 Å². The smallest absolute Gasteiger partial charge is 0.234 e. The van der Waals surface area contributed by atoms with Crippen LogP contribution >= 0.6 is 46.3 Å². The van der Waals surface area contributed by atoms with Crippen molar-refractivity contribution in [1.82, 2.24) is 10.2 Å². The molecule has 2 aliphatic rings. The van der Waals surface area contributed by atoms with Gasteiger partial charge >= 0.3 is 0 Å². The van der Waals surface area contributed by atoms with Crippen LogP contribution in [0.25, 0.3) is 0 Å². The number of ketones is 1. The maximum Gasteiger partial charge on any atom is 0.234 e. The van der Waals surface area contributed by atoms with Gasteiger partial charge in [0, 0.05) is 22.7 Å². The summed E-state index contributed by atoms with van der Waals surface area (Å²) in [6.07, 6.45) is 0.903. The molecule has 2 aromatic carbocycles. The summed E-state index contributed by atoms with van der Waals surface area (Å²) in [5, 5.41) is 23.0. The average molecular weight is 612 g/mol. The molecule has 40 heavy (non-hydrogen) atoms. The Labute approximate surface area is 249 Å². The number of rotatable bonds is 6. The largest absolute Gasteiger partial charge is 0.384 e. The summed E-state index contributed by atoms with van der Waals surface area (Å²) < 4.78 is 0.541. The van der Waals surface area contributed by atoms with E-state index in [1.165, 1.54) is 23.1 Å². The highest BCUT2D eigenvalue weighted by atomic mass is 35.5. The van der Waals surface area contributed by atoms with Crippen LogP contribution in [0.4, 0.5) is 10.8 Å². The first kappa shape index (κ1) is 28.2. The summed E-state index contributed by atoms with van der Waals surface area (Å²) in [6, 6.07) is 16.4. The molecule has 3 aromatic rings. The van der Waals surface area contributed by atoms with Gasteiger partial charge in [-0.1, -0.05) is 84.4 Å². The van der Waals surface area contributed by atoms with Crippen LogP contribution in [0.15, 0.2) is 75.5 Å². The summed E-state index contributed by atoms with van der Waals surface area (Å²) in [5.41, 5.74) is 9.15. The zero-order valence-electron chi connectivity index (χ0n) is 21.6. The second-order valence-electron chi connectivity index (χ2n) is 10.2. The Morgan fingerprint density at radius 3 is 2.62 bits per heavy atom. The number of anilines is 2. The summed E-state index contributed by atoms with van der Waals surface area (Å²) in [4.78, 5) is 27.8. The highest BCUT2D eigenvalue weighted by Crippen LogP contribution is 2.50. The molecule has 0 bridgehead atoms. The van der Waals surface area contributed by atoms with Crippen molar-refractivity contribution in [2.24, 2.45) is 11.1 Å². The number of amides is 1. The number of carbonyl (C=O) groups excluding carboxylic acids is 2. The fraction of sp³-hybridized carbons (Fsp3) is 0.250. The predicted octanol–water partition coefficient (Wildman–Crippen LogP) is 6.52. The predicted molar refractivity (Wildman–Crippen MR) is 159 cm³/mol. The van der Waals surface area contributed by atoms with E-state index in [9.17, 15) is 14.9 Å². The van der Waals surface area contributed by atoms with Crippen molar-refractivity contribution in [2.45, 2.75) is 36.9 Å². The number of nitrogens with two attached hydrogens (primary N) is 1. The fourth-order valence-electron chi connectivity index (χ4n) is 4.94. The molecule has 204 valence electrons. The van der Waals surface area contributed by atoms with Gasteiger partial charge in [-0.15, -0.1) is 10.2 Å². The molecule has 1 aliphatic carbocycles. The lowest BCUT2D eigenvalue weighted by Gasteiger charge is -2.42. The van der Waals surface area contributed by atoms with Crippen molar-refractivity contribution in [3.63, 3.8) is 0 Å². The Kier molecular flexibility index (Phi) is 7.93. The van der Waals surface area contributed by atoms with Crippen LogP contribution in [-0.4, -0.2) is 27.6 Å². The Bertz CT molecular complexity index is 1610. The standard InChI is InChI=1S/C28H24Cl2N6O2S2/c1-28(2)11-20-24(21(37)12-28)23(15-7-9-16(29)10-8-15)17(13-31)25(32)36(20)26-34-35-27(40-26)39-14-22(38)33-19-6-4-3-5-18(19)30/h3-10,23H,11-12,14,32H2,1-2H3,(H,33,38). The van der Waals surface area contributed by atoms with Crippen molar-refractivity contribution in [3.05, 3.63) is 86.8 Å². The van der Waals surface area contributed by atoms with Gasteiger partial charge in [0.15, 0.2) is 10.1 Å². The van der Waals surface area contributed by atoms with E-state index in [2.05, 4.69) is 21.6 Å². The molecule has 1 aromatic heterocycles. The van der Waals surface area contributed by atoms with Gasteiger partial charge in [-0.05, 0) is 41.7 Å². The minimum atomic E-state index is -0.604. The van der Waals surface area contributed by atoms with E-state index in [0.29, 0.717) is 49.3 Å². The number of nitriles is 1. The normalized spacial score (nSPS) is 18.4. The molecule has 0 spiro atoms. The number of para-hydroxylation sites is 1. The molecule has 0 fully saturated rings. The van der Waals surface area contributed by atoms with Crippen LogP contribution in [-0.2, 0) is 9.59 Å². The molecule has 8 nitrogen and oxygen atoms in total. The van der Waals surface area contributed by atoms with Crippen LogP contribution in [0.3, 0.4) is 0 Å². The molecule has 1 unspecified atom stereocenters. The summed E-state index contributed by atoms with van der Waals surface area (Å²) in [6.45, 7) is 4.06. The third kappa shape index (κ3) is 5.60. The Morgan fingerprint density at radius 1 is 1.20 bits per heavy atom. The molecule has 0 saturated heterocycles. The number of nitrogens with one attached hydrogen (secondary N) is 1. The van der Waals surface area contributed by atoms with Gasteiger partial charge in [0.05, 0.1) is 34.0 Å². The first-order valence-corrected chi connectivity index (χ1v) is 14.9. The summed E-state index contributed by atoms with van der Waals surface area (Å²) >= 11 is 14.7. The maximum atomic E-state index is 13.6. The number of halogens is 2. The van der Waals surface area contributed by atoms with E-state index in [1.807, 2.05) is 26.0 Å². The van der Waals surface area contributed by atoms with Gasteiger partial charge in [0.2, 0.25) is 11.0 Å². The van der Waals surface area contributed by atoms with E-state index >= 15 is 0 Å². The molecular formula is C28H24Cl2N6O2S2. The Balaban J connectivity index is 1.47. The highest BCUT2D eigenvalue weighted by molar-refractivity contribution is 8.01.